The summed E-state index contributed by atoms with van der Waals surface area (Å²) in [6, 6.07) is -0.741. The maximum Gasteiger partial charge on any atom is 0.325 e. The topological polar surface area (TPSA) is 65.0 Å². The molecule has 6 nitrogen and oxygen atoms in total. The molecule has 1 N–H and O–H groups in total. The Morgan fingerprint density at radius 2 is 2.09 bits per heavy atom. The van der Waals surface area contributed by atoms with Crippen molar-refractivity contribution in [2.45, 2.75) is 52.2 Å². The monoisotopic (exact) mass is 326 g/mol. The highest BCUT2D eigenvalue weighted by Crippen LogP contribution is 2.29. The van der Waals surface area contributed by atoms with Gasteiger partial charge in [-0.05, 0) is 18.8 Å². The molecule has 2 heterocycles. The van der Waals surface area contributed by atoms with E-state index in [4.69, 9.17) is 0 Å². The standard InChI is InChI=1S/C15H26N4O2S/c1-5-6-8-19-11-12(18(4)14(21)17-13(11)20)16-15(19)22-9-7-10(2)3/h10-12H,5-9H2,1-4H3,(H,17,20,21). The molecule has 0 spiro atoms. The SMILES string of the molecule is CCCCN1C(SCCC(C)C)=NC2C1C(=O)NC(=O)N2C. The number of aliphatic imine (C=N–C) groups is 1. The van der Waals surface area contributed by atoms with E-state index in [-0.39, 0.29) is 24.1 Å². The first-order valence-corrected chi connectivity index (χ1v) is 8.99. The van der Waals surface area contributed by atoms with E-state index in [1.165, 1.54) is 4.90 Å². The Labute approximate surface area is 136 Å². The van der Waals surface area contributed by atoms with Crippen LogP contribution in [0.5, 0.6) is 0 Å². The third-order valence-electron chi connectivity index (χ3n) is 4.00. The predicted octanol–water partition coefficient (Wildman–Crippen LogP) is 2.11. The highest BCUT2D eigenvalue weighted by atomic mass is 32.2. The summed E-state index contributed by atoms with van der Waals surface area (Å²) in [6.45, 7) is 7.34. The average molecular weight is 326 g/mol. The molecule has 0 radical (unpaired) electrons. The molecule has 2 unspecified atom stereocenters. The minimum Gasteiger partial charge on any atom is -0.336 e. The van der Waals surface area contributed by atoms with Crippen LogP contribution in [0.3, 0.4) is 0 Å². The number of carbonyl (C=O) groups excluding carboxylic acids is 2. The van der Waals surface area contributed by atoms with E-state index >= 15 is 0 Å². The number of amides is 3. The van der Waals surface area contributed by atoms with Gasteiger partial charge in [0.2, 0.25) is 0 Å². The van der Waals surface area contributed by atoms with Crippen molar-refractivity contribution in [1.29, 1.82) is 0 Å². The highest BCUT2D eigenvalue weighted by Gasteiger charge is 2.48. The number of hydrogen-bond acceptors (Lipinski definition) is 5. The fourth-order valence-corrected chi connectivity index (χ4v) is 3.90. The largest absolute Gasteiger partial charge is 0.336 e. The number of carbonyl (C=O) groups is 2. The van der Waals surface area contributed by atoms with E-state index in [2.05, 4.69) is 36.0 Å². The Bertz CT molecular complexity index is 466. The van der Waals surface area contributed by atoms with Crippen LogP contribution >= 0.6 is 11.8 Å². The van der Waals surface area contributed by atoms with Gasteiger partial charge in [0.25, 0.3) is 5.91 Å². The Kier molecular flexibility index (Phi) is 5.72. The second-order valence-electron chi connectivity index (χ2n) is 6.25. The van der Waals surface area contributed by atoms with Gasteiger partial charge in [-0.1, -0.05) is 39.0 Å². The van der Waals surface area contributed by atoms with Gasteiger partial charge in [-0.25, -0.2) is 9.79 Å². The maximum atomic E-state index is 12.2. The molecule has 3 amide bonds. The molecule has 2 aliphatic heterocycles. The number of nitrogens with one attached hydrogen (secondary N) is 1. The second kappa shape index (κ2) is 7.35. The van der Waals surface area contributed by atoms with Crippen LogP contribution in [0.15, 0.2) is 4.99 Å². The number of rotatable bonds is 6. The number of likely N-dealkylation sites (N-methyl/N-ethyl adjacent to an activating group) is 1. The van der Waals surface area contributed by atoms with Gasteiger partial charge in [0.05, 0.1) is 0 Å². The van der Waals surface area contributed by atoms with Crippen LogP contribution in [0.2, 0.25) is 0 Å². The average Bonchev–Trinajstić information content (AvgIpc) is 2.81. The van der Waals surface area contributed by atoms with Crippen molar-refractivity contribution in [2.75, 3.05) is 19.3 Å². The number of urea groups is 1. The van der Waals surface area contributed by atoms with E-state index in [9.17, 15) is 9.59 Å². The van der Waals surface area contributed by atoms with Crippen molar-refractivity contribution >= 4 is 28.9 Å². The molecule has 2 atom stereocenters. The maximum absolute atomic E-state index is 12.2. The molecule has 124 valence electrons. The third-order valence-corrected chi connectivity index (χ3v) is 5.04. The molecule has 22 heavy (non-hydrogen) atoms. The lowest BCUT2D eigenvalue weighted by molar-refractivity contribution is -0.127. The Morgan fingerprint density at radius 3 is 2.73 bits per heavy atom. The van der Waals surface area contributed by atoms with Crippen LogP contribution in [0.4, 0.5) is 4.79 Å². The fraction of sp³-hybridized carbons (Fsp3) is 0.800. The minimum absolute atomic E-state index is 0.229. The Hall–Kier alpha value is -1.24. The zero-order valence-electron chi connectivity index (χ0n) is 13.8. The predicted molar refractivity (Wildman–Crippen MR) is 89.8 cm³/mol. The normalized spacial score (nSPS) is 24.7. The van der Waals surface area contributed by atoms with Gasteiger partial charge in [-0.15, -0.1) is 0 Å². The van der Waals surface area contributed by atoms with Gasteiger partial charge in [-0.2, -0.15) is 0 Å². The number of unbranched alkanes of at least 4 members (excludes halogenated alkanes) is 1. The number of nitrogens with zero attached hydrogens (tertiary/aromatic N) is 3. The lowest BCUT2D eigenvalue weighted by Gasteiger charge is -2.36. The van der Waals surface area contributed by atoms with Gasteiger partial charge >= 0.3 is 6.03 Å². The van der Waals surface area contributed by atoms with E-state index in [1.807, 2.05) is 0 Å². The van der Waals surface area contributed by atoms with Crippen LogP contribution in [0, 0.1) is 5.92 Å². The summed E-state index contributed by atoms with van der Waals surface area (Å²) in [5.41, 5.74) is 0. The number of thioether (sulfide) groups is 1. The quantitative estimate of drug-likeness (QED) is 0.812. The zero-order chi connectivity index (χ0) is 16.3. The van der Waals surface area contributed by atoms with Crippen molar-refractivity contribution < 1.29 is 9.59 Å². The number of hydrogen-bond donors (Lipinski definition) is 1. The van der Waals surface area contributed by atoms with Crippen LogP contribution in [0.25, 0.3) is 0 Å². The van der Waals surface area contributed by atoms with Crippen molar-refractivity contribution in [1.82, 2.24) is 15.1 Å². The Balaban J connectivity index is 2.13. The van der Waals surface area contributed by atoms with Crippen molar-refractivity contribution in [2.24, 2.45) is 10.9 Å². The van der Waals surface area contributed by atoms with Crippen molar-refractivity contribution in [3.05, 3.63) is 0 Å². The molecule has 0 saturated carbocycles. The molecule has 1 saturated heterocycles. The van der Waals surface area contributed by atoms with E-state index in [1.54, 1.807) is 18.8 Å². The first-order valence-electron chi connectivity index (χ1n) is 8.00. The Morgan fingerprint density at radius 1 is 1.36 bits per heavy atom. The molecular weight excluding hydrogens is 300 g/mol. The van der Waals surface area contributed by atoms with Crippen molar-refractivity contribution in [3.8, 4) is 0 Å². The summed E-state index contributed by atoms with van der Waals surface area (Å²) in [4.78, 5) is 32.3. The molecule has 1 fully saturated rings. The number of amidine groups is 1. The first-order chi connectivity index (χ1) is 10.5. The lowest BCUT2D eigenvalue weighted by atomic mass is 10.1. The van der Waals surface area contributed by atoms with Crippen molar-refractivity contribution in [3.63, 3.8) is 0 Å². The summed E-state index contributed by atoms with van der Waals surface area (Å²) in [7, 11) is 1.70. The summed E-state index contributed by atoms with van der Waals surface area (Å²) < 4.78 is 0. The summed E-state index contributed by atoms with van der Waals surface area (Å²) >= 11 is 1.70. The van der Waals surface area contributed by atoms with Gasteiger partial charge in [0, 0.05) is 19.3 Å². The minimum atomic E-state index is -0.389. The van der Waals surface area contributed by atoms with Gasteiger partial charge < -0.3 is 9.80 Å². The molecule has 2 rings (SSSR count). The molecular formula is C15H26N4O2S. The second-order valence-corrected chi connectivity index (χ2v) is 7.32. The van der Waals surface area contributed by atoms with Crippen LogP contribution in [-0.2, 0) is 4.79 Å². The van der Waals surface area contributed by atoms with Crippen LogP contribution < -0.4 is 5.32 Å². The van der Waals surface area contributed by atoms with E-state index in [0.29, 0.717) is 5.92 Å². The lowest BCUT2D eigenvalue weighted by Crippen LogP contribution is -2.63. The van der Waals surface area contributed by atoms with Crippen LogP contribution in [0.1, 0.15) is 40.0 Å². The van der Waals surface area contributed by atoms with Gasteiger partial charge in [0.1, 0.15) is 0 Å². The molecule has 0 aliphatic carbocycles. The van der Waals surface area contributed by atoms with Crippen LogP contribution in [-0.4, -0.2) is 58.5 Å². The van der Waals surface area contributed by atoms with E-state index in [0.717, 1.165) is 36.7 Å². The highest BCUT2D eigenvalue weighted by molar-refractivity contribution is 8.13. The summed E-state index contributed by atoms with van der Waals surface area (Å²) in [5.74, 6) is 1.40. The van der Waals surface area contributed by atoms with Gasteiger partial charge in [-0.3, -0.25) is 10.1 Å². The molecule has 0 aromatic rings. The molecule has 0 aromatic carbocycles. The van der Waals surface area contributed by atoms with Gasteiger partial charge in [0.15, 0.2) is 17.4 Å². The number of fused-ring (bicyclic) bond motifs is 1. The molecule has 2 aliphatic rings. The summed E-state index contributed by atoms with van der Waals surface area (Å²) in [5, 5.41) is 3.33. The van der Waals surface area contributed by atoms with E-state index < -0.39 is 0 Å². The number of imide groups is 1. The summed E-state index contributed by atoms with van der Waals surface area (Å²) in [6.07, 6.45) is 2.80. The molecule has 0 aromatic heterocycles. The molecule has 7 heteroatoms. The fourth-order valence-electron chi connectivity index (χ4n) is 2.57. The molecule has 0 bridgehead atoms. The third kappa shape index (κ3) is 3.56. The first kappa shape index (κ1) is 17.1. The smallest absolute Gasteiger partial charge is 0.325 e. The zero-order valence-corrected chi connectivity index (χ0v) is 14.7.